The number of aromatic nitrogens is 3. The molecular weight excluding hydrogens is 269 g/mol. The Balaban J connectivity index is 2.27. The second kappa shape index (κ2) is 4.35. The second-order valence-corrected chi connectivity index (χ2v) is 4.04. The SMILES string of the molecule is N#Cc1ccc2nnc(-c3cc(F)c(F)c(F)c3)n2c1. The van der Waals surface area contributed by atoms with Gasteiger partial charge in [-0.05, 0) is 24.3 Å². The summed E-state index contributed by atoms with van der Waals surface area (Å²) in [5, 5.41) is 16.5. The molecule has 0 bridgehead atoms. The average Bonchev–Trinajstić information content (AvgIpc) is 2.87. The van der Waals surface area contributed by atoms with Gasteiger partial charge >= 0.3 is 0 Å². The fraction of sp³-hybridized carbons (Fsp3) is 0. The lowest BCUT2D eigenvalue weighted by molar-refractivity contribution is 0.447. The van der Waals surface area contributed by atoms with Crippen LogP contribution in [0.5, 0.6) is 0 Å². The van der Waals surface area contributed by atoms with Crippen LogP contribution in [0.4, 0.5) is 13.2 Å². The summed E-state index contributed by atoms with van der Waals surface area (Å²) in [4.78, 5) is 0. The summed E-state index contributed by atoms with van der Waals surface area (Å²) < 4.78 is 40.9. The van der Waals surface area contributed by atoms with E-state index in [0.717, 1.165) is 12.1 Å². The standard InChI is InChI=1S/C13H5F3N4/c14-9-3-8(4-10(15)12(9)16)13-19-18-11-2-1-7(5-17)6-20(11)13/h1-4,6H. The highest BCUT2D eigenvalue weighted by atomic mass is 19.2. The van der Waals surface area contributed by atoms with Crippen molar-refractivity contribution in [1.29, 1.82) is 5.26 Å². The molecule has 20 heavy (non-hydrogen) atoms. The molecule has 0 fully saturated rings. The molecular formula is C13H5F3N4. The zero-order valence-electron chi connectivity index (χ0n) is 9.81. The summed E-state index contributed by atoms with van der Waals surface area (Å²) in [7, 11) is 0. The third kappa shape index (κ3) is 1.78. The molecule has 0 aliphatic rings. The summed E-state index contributed by atoms with van der Waals surface area (Å²) >= 11 is 0. The van der Waals surface area contributed by atoms with Crippen LogP contribution in [0, 0.1) is 28.8 Å². The molecule has 0 atom stereocenters. The van der Waals surface area contributed by atoms with E-state index in [1.54, 1.807) is 12.1 Å². The molecule has 0 saturated heterocycles. The molecule has 0 amide bonds. The Labute approximate surface area is 110 Å². The fourth-order valence-corrected chi connectivity index (χ4v) is 1.84. The van der Waals surface area contributed by atoms with Crippen molar-refractivity contribution < 1.29 is 13.2 Å². The number of hydrogen-bond acceptors (Lipinski definition) is 3. The van der Waals surface area contributed by atoms with Crippen molar-refractivity contribution in [2.24, 2.45) is 0 Å². The molecule has 0 N–H and O–H groups in total. The minimum absolute atomic E-state index is 0.0315. The molecule has 98 valence electrons. The Kier molecular flexibility index (Phi) is 2.64. The van der Waals surface area contributed by atoms with Gasteiger partial charge in [-0.3, -0.25) is 4.40 Å². The third-order valence-electron chi connectivity index (χ3n) is 2.77. The lowest BCUT2D eigenvalue weighted by Crippen LogP contribution is -1.95. The molecule has 3 aromatic rings. The zero-order chi connectivity index (χ0) is 14.3. The highest BCUT2D eigenvalue weighted by Crippen LogP contribution is 2.23. The van der Waals surface area contributed by atoms with Gasteiger partial charge in [0.25, 0.3) is 0 Å². The van der Waals surface area contributed by atoms with E-state index in [2.05, 4.69) is 10.2 Å². The van der Waals surface area contributed by atoms with Gasteiger partial charge in [0.05, 0.1) is 5.56 Å². The maximum Gasteiger partial charge on any atom is 0.194 e. The van der Waals surface area contributed by atoms with Crippen LogP contribution in [0.2, 0.25) is 0 Å². The van der Waals surface area contributed by atoms with Crippen molar-refractivity contribution >= 4 is 5.65 Å². The lowest BCUT2D eigenvalue weighted by Gasteiger charge is -2.02. The quantitative estimate of drug-likeness (QED) is 0.641. The minimum Gasteiger partial charge on any atom is -0.281 e. The van der Waals surface area contributed by atoms with Crippen molar-refractivity contribution in [1.82, 2.24) is 14.6 Å². The Hall–Kier alpha value is -2.88. The summed E-state index contributed by atoms with van der Waals surface area (Å²) in [5.74, 6) is -4.04. The van der Waals surface area contributed by atoms with Crippen LogP contribution in [-0.4, -0.2) is 14.6 Å². The van der Waals surface area contributed by atoms with Gasteiger partial charge in [-0.15, -0.1) is 10.2 Å². The number of pyridine rings is 1. The third-order valence-corrected chi connectivity index (χ3v) is 2.77. The first kappa shape index (κ1) is 12.2. The van der Waals surface area contributed by atoms with Crippen molar-refractivity contribution in [2.75, 3.05) is 0 Å². The van der Waals surface area contributed by atoms with Crippen molar-refractivity contribution in [3.05, 3.63) is 53.5 Å². The first-order valence-corrected chi connectivity index (χ1v) is 5.50. The Bertz CT molecular complexity index is 841. The molecule has 4 nitrogen and oxygen atoms in total. The van der Waals surface area contributed by atoms with Gasteiger partial charge in [0.1, 0.15) is 6.07 Å². The van der Waals surface area contributed by atoms with E-state index in [0.29, 0.717) is 11.2 Å². The Morgan fingerprint density at radius 2 is 1.75 bits per heavy atom. The van der Waals surface area contributed by atoms with Crippen LogP contribution < -0.4 is 0 Å². The van der Waals surface area contributed by atoms with Crippen LogP contribution in [-0.2, 0) is 0 Å². The van der Waals surface area contributed by atoms with Gasteiger partial charge in [-0.25, -0.2) is 13.2 Å². The predicted octanol–water partition coefficient (Wildman–Crippen LogP) is 2.69. The fourth-order valence-electron chi connectivity index (χ4n) is 1.84. The van der Waals surface area contributed by atoms with Crippen LogP contribution in [0.15, 0.2) is 30.5 Å². The van der Waals surface area contributed by atoms with Crippen LogP contribution in [0.3, 0.4) is 0 Å². The molecule has 7 heteroatoms. The molecule has 0 unspecified atom stereocenters. The maximum atomic E-state index is 13.3. The molecule has 2 heterocycles. The molecule has 3 rings (SSSR count). The van der Waals surface area contributed by atoms with Crippen molar-refractivity contribution in [2.45, 2.75) is 0 Å². The van der Waals surface area contributed by atoms with E-state index >= 15 is 0 Å². The van der Waals surface area contributed by atoms with Gasteiger partial charge in [0, 0.05) is 11.8 Å². The van der Waals surface area contributed by atoms with Gasteiger partial charge < -0.3 is 0 Å². The number of nitriles is 1. The zero-order valence-corrected chi connectivity index (χ0v) is 9.81. The number of nitrogens with zero attached hydrogens (tertiary/aromatic N) is 4. The van der Waals surface area contributed by atoms with E-state index in [9.17, 15) is 13.2 Å². The summed E-state index contributed by atoms with van der Waals surface area (Å²) in [5.41, 5.74) is 0.773. The van der Waals surface area contributed by atoms with E-state index in [1.165, 1.54) is 10.6 Å². The van der Waals surface area contributed by atoms with Crippen LogP contribution >= 0.6 is 0 Å². The van der Waals surface area contributed by atoms with Gasteiger partial charge in [0.15, 0.2) is 28.9 Å². The van der Waals surface area contributed by atoms with Crippen LogP contribution in [0.1, 0.15) is 5.56 Å². The first-order valence-electron chi connectivity index (χ1n) is 5.50. The van der Waals surface area contributed by atoms with Crippen molar-refractivity contribution in [3.8, 4) is 17.5 Å². The number of hydrogen-bond donors (Lipinski definition) is 0. The topological polar surface area (TPSA) is 54.0 Å². The second-order valence-electron chi connectivity index (χ2n) is 4.04. The highest BCUT2D eigenvalue weighted by Gasteiger charge is 2.15. The monoisotopic (exact) mass is 274 g/mol. The average molecular weight is 274 g/mol. The van der Waals surface area contributed by atoms with E-state index < -0.39 is 17.5 Å². The summed E-state index contributed by atoms with van der Waals surface area (Å²) in [6.45, 7) is 0. The lowest BCUT2D eigenvalue weighted by atomic mass is 10.2. The molecule has 0 aliphatic carbocycles. The van der Waals surface area contributed by atoms with E-state index in [-0.39, 0.29) is 11.4 Å². The molecule has 0 saturated carbocycles. The van der Waals surface area contributed by atoms with E-state index in [1.807, 2.05) is 6.07 Å². The van der Waals surface area contributed by atoms with E-state index in [4.69, 9.17) is 5.26 Å². The van der Waals surface area contributed by atoms with Gasteiger partial charge in [0.2, 0.25) is 0 Å². The molecule has 0 radical (unpaired) electrons. The van der Waals surface area contributed by atoms with Crippen molar-refractivity contribution in [3.63, 3.8) is 0 Å². The van der Waals surface area contributed by atoms with Gasteiger partial charge in [-0.2, -0.15) is 5.26 Å². The summed E-state index contributed by atoms with van der Waals surface area (Å²) in [6, 6.07) is 6.68. The summed E-state index contributed by atoms with van der Waals surface area (Å²) in [6.07, 6.45) is 1.43. The molecule has 1 aromatic carbocycles. The molecule has 2 aromatic heterocycles. The Morgan fingerprint density at radius 3 is 2.40 bits per heavy atom. The predicted molar refractivity (Wildman–Crippen MR) is 63.0 cm³/mol. The number of halogens is 3. The first-order chi connectivity index (χ1) is 9.60. The normalized spacial score (nSPS) is 10.7. The Morgan fingerprint density at radius 1 is 1.05 bits per heavy atom. The molecule has 0 aliphatic heterocycles. The highest BCUT2D eigenvalue weighted by molar-refractivity contribution is 5.60. The number of benzene rings is 1. The number of fused-ring (bicyclic) bond motifs is 1. The minimum atomic E-state index is -1.54. The largest absolute Gasteiger partial charge is 0.281 e. The number of rotatable bonds is 1. The van der Waals surface area contributed by atoms with Gasteiger partial charge in [-0.1, -0.05) is 0 Å². The molecule has 0 spiro atoms. The van der Waals surface area contributed by atoms with Crippen LogP contribution in [0.25, 0.3) is 17.0 Å². The maximum absolute atomic E-state index is 13.3. The smallest absolute Gasteiger partial charge is 0.194 e.